The molecular weight excluding hydrogens is 362 g/mol. The molecule has 0 bridgehead atoms. The molecule has 140 valence electrons. The molecule has 3 heterocycles. The molecule has 1 aliphatic heterocycles. The van der Waals surface area contributed by atoms with Gasteiger partial charge in [0.15, 0.2) is 0 Å². The van der Waals surface area contributed by atoms with Crippen molar-refractivity contribution in [1.29, 1.82) is 0 Å². The zero-order chi connectivity index (χ0) is 18.5. The number of piperidine rings is 1. The first-order valence-electron chi connectivity index (χ1n) is 9.05. The number of hydrogen-bond donors (Lipinski definition) is 0. The molecule has 0 atom stereocenters. The second-order valence-electron chi connectivity index (χ2n) is 6.59. The number of benzene rings is 1. The fraction of sp³-hybridized carbons (Fsp3) is 0.350. The summed E-state index contributed by atoms with van der Waals surface area (Å²) in [5.74, 6) is 2.93. The van der Waals surface area contributed by atoms with Gasteiger partial charge in [0.2, 0.25) is 11.8 Å². The van der Waals surface area contributed by atoms with Crippen molar-refractivity contribution < 1.29 is 13.6 Å². The van der Waals surface area contributed by atoms with Gasteiger partial charge in [-0.25, -0.2) is 0 Å². The highest BCUT2D eigenvalue weighted by Crippen LogP contribution is 2.29. The number of carbonyl (C=O) groups excluding carboxylic acids is 1. The summed E-state index contributed by atoms with van der Waals surface area (Å²) in [5, 5.41) is 8.28. The van der Waals surface area contributed by atoms with Crippen LogP contribution in [-0.2, 0) is 10.5 Å². The molecule has 0 radical (unpaired) electrons. The Hall–Kier alpha value is -2.54. The van der Waals surface area contributed by atoms with Crippen molar-refractivity contribution in [3.05, 3.63) is 60.4 Å². The molecule has 4 rings (SSSR count). The summed E-state index contributed by atoms with van der Waals surface area (Å²) >= 11 is 1.67. The molecule has 1 saturated heterocycles. The molecule has 0 unspecified atom stereocenters. The van der Waals surface area contributed by atoms with Crippen LogP contribution in [0.15, 0.2) is 57.8 Å². The predicted molar refractivity (Wildman–Crippen MR) is 103 cm³/mol. The van der Waals surface area contributed by atoms with E-state index in [0.717, 1.165) is 37.2 Å². The Morgan fingerprint density at radius 3 is 2.70 bits per heavy atom. The number of likely N-dealkylation sites (tertiary alicyclic amines) is 1. The lowest BCUT2D eigenvalue weighted by Gasteiger charge is -2.30. The van der Waals surface area contributed by atoms with E-state index in [1.807, 2.05) is 23.1 Å². The maximum absolute atomic E-state index is 12.4. The van der Waals surface area contributed by atoms with E-state index in [1.54, 1.807) is 30.4 Å². The molecule has 1 aliphatic rings. The first-order valence-corrected chi connectivity index (χ1v) is 10.2. The second-order valence-corrected chi connectivity index (χ2v) is 7.58. The monoisotopic (exact) mass is 383 g/mol. The van der Waals surface area contributed by atoms with Crippen molar-refractivity contribution in [3.8, 4) is 11.5 Å². The van der Waals surface area contributed by atoms with Crippen LogP contribution in [0.2, 0.25) is 0 Å². The van der Waals surface area contributed by atoms with Gasteiger partial charge in [-0.15, -0.1) is 22.0 Å². The van der Waals surface area contributed by atoms with Gasteiger partial charge >= 0.3 is 0 Å². The quantitative estimate of drug-likeness (QED) is 0.641. The second kappa shape index (κ2) is 8.43. The average Bonchev–Trinajstić information content (AvgIpc) is 3.41. The number of carbonyl (C=O) groups is 1. The minimum absolute atomic E-state index is 0.207. The Labute approximate surface area is 162 Å². The molecule has 2 aromatic heterocycles. The summed E-state index contributed by atoms with van der Waals surface area (Å²) in [6, 6.07) is 12.0. The third-order valence-corrected chi connectivity index (χ3v) is 5.73. The van der Waals surface area contributed by atoms with Gasteiger partial charge in [-0.2, -0.15) is 0 Å². The molecule has 0 N–H and O–H groups in total. The molecule has 1 aromatic carbocycles. The molecule has 27 heavy (non-hydrogen) atoms. The van der Waals surface area contributed by atoms with Gasteiger partial charge in [-0.1, -0.05) is 30.3 Å². The van der Waals surface area contributed by atoms with Crippen LogP contribution in [0.1, 0.15) is 30.2 Å². The van der Waals surface area contributed by atoms with Crippen LogP contribution in [0.3, 0.4) is 0 Å². The van der Waals surface area contributed by atoms with Crippen LogP contribution in [-0.4, -0.2) is 39.8 Å². The third kappa shape index (κ3) is 4.42. The van der Waals surface area contributed by atoms with Gasteiger partial charge in [0.1, 0.15) is 6.26 Å². The van der Waals surface area contributed by atoms with E-state index in [1.165, 1.54) is 5.56 Å². The zero-order valence-electron chi connectivity index (χ0n) is 14.9. The standard InChI is InChI=1S/C20H21N3O3S/c24-18(14-27-13-15-4-2-1-3-5-15)23-9-6-16(7-10-23)19-21-22-20(26-19)17-8-11-25-12-17/h1-5,8,11-12,16H,6-7,9-10,13-14H2. The smallest absolute Gasteiger partial charge is 0.250 e. The van der Waals surface area contributed by atoms with Crippen LogP contribution < -0.4 is 0 Å². The lowest BCUT2D eigenvalue weighted by atomic mass is 9.97. The number of rotatable bonds is 6. The van der Waals surface area contributed by atoms with Crippen LogP contribution >= 0.6 is 11.8 Å². The topological polar surface area (TPSA) is 72.4 Å². The Bertz CT molecular complexity index is 856. The number of furan rings is 1. The van der Waals surface area contributed by atoms with Crippen LogP contribution in [0.25, 0.3) is 11.5 Å². The molecule has 1 amide bonds. The maximum Gasteiger partial charge on any atom is 0.250 e. The zero-order valence-corrected chi connectivity index (χ0v) is 15.7. The fourth-order valence-electron chi connectivity index (χ4n) is 3.20. The van der Waals surface area contributed by atoms with E-state index in [-0.39, 0.29) is 11.8 Å². The summed E-state index contributed by atoms with van der Waals surface area (Å²) < 4.78 is 10.8. The normalized spacial score (nSPS) is 15.2. The average molecular weight is 383 g/mol. The Morgan fingerprint density at radius 1 is 1.15 bits per heavy atom. The lowest BCUT2D eigenvalue weighted by Crippen LogP contribution is -2.39. The highest BCUT2D eigenvalue weighted by molar-refractivity contribution is 7.99. The van der Waals surface area contributed by atoms with Gasteiger partial charge in [0.25, 0.3) is 5.89 Å². The molecule has 6 nitrogen and oxygen atoms in total. The maximum atomic E-state index is 12.4. The van der Waals surface area contributed by atoms with Gasteiger partial charge in [0, 0.05) is 24.8 Å². The SMILES string of the molecule is O=C(CSCc1ccccc1)N1CCC(c2nnc(-c3ccoc3)o2)CC1. The predicted octanol–water partition coefficient (Wildman–Crippen LogP) is 3.97. The highest BCUT2D eigenvalue weighted by atomic mass is 32.2. The van der Waals surface area contributed by atoms with Crippen molar-refractivity contribution in [2.75, 3.05) is 18.8 Å². The first-order chi connectivity index (χ1) is 13.3. The number of nitrogens with zero attached hydrogens (tertiary/aromatic N) is 3. The lowest BCUT2D eigenvalue weighted by molar-refractivity contribution is -0.129. The van der Waals surface area contributed by atoms with Crippen molar-refractivity contribution in [3.63, 3.8) is 0 Å². The van der Waals surface area contributed by atoms with E-state index in [4.69, 9.17) is 8.83 Å². The molecule has 7 heteroatoms. The minimum atomic E-state index is 0.207. The molecule has 1 fully saturated rings. The van der Waals surface area contributed by atoms with Gasteiger partial charge in [-0.3, -0.25) is 4.79 Å². The summed E-state index contributed by atoms with van der Waals surface area (Å²) in [4.78, 5) is 14.4. The minimum Gasteiger partial charge on any atom is -0.472 e. The number of aromatic nitrogens is 2. The Morgan fingerprint density at radius 2 is 1.96 bits per heavy atom. The van der Waals surface area contributed by atoms with Gasteiger partial charge in [0.05, 0.1) is 17.6 Å². The first kappa shape index (κ1) is 17.9. The van der Waals surface area contributed by atoms with Gasteiger partial charge in [-0.05, 0) is 24.5 Å². The molecular formula is C20H21N3O3S. The number of hydrogen-bond acceptors (Lipinski definition) is 6. The summed E-state index contributed by atoms with van der Waals surface area (Å²) in [6.07, 6.45) is 4.87. The van der Waals surface area contributed by atoms with Crippen LogP contribution in [0.4, 0.5) is 0 Å². The summed E-state index contributed by atoms with van der Waals surface area (Å²) in [7, 11) is 0. The van der Waals surface area contributed by atoms with Crippen molar-refractivity contribution >= 4 is 17.7 Å². The summed E-state index contributed by atoms with van der Waals surface area (Å²) in [5.41, 5.74) is 2.04. The van der Waals surface area contributed by atoms with Crippen LogP contribution in [0.5, 0.6) is 0 Å². The molecule has 0 aliphatic carbocycles. The van der Waals surface area contributed by atoms with Crippen molar-refractivity contribution in [1.82, 2.24) is 15.1 Å². The van der Waals surface area contributed by atoms with E-state index in [0.29, 0.717) is 17.5 Å². The van der Waals surface area contributed by atoms with E-state index >= 15 is 0 Å². The fourth-order valence-corrected chi connectivity index (χ4v) is 4.09. The van der Waals surface area contributed by atoms with Crippen molar-refractivity contribution in [2.24, 2.45) is 0 Å². The summed E-state index contributed by atoms with van der Waals surface area (Å²) in [6.45, 7) is 1.47. The number of amides is 1. The molecule has 3 aromatic rings. The van der Waals surface area contributed by atoms with Gasteiger partial charge < -0.3 is 13.7 Å². The van der Waals surface area contributed by atoms with E-state index in [2.05, 4.69) is 22.3 Å². The van der Waals surface area contributed by atoms with E-state index in [9.17, 15) is 4.79 Å². The van der Waals surface area contributed by atoms with Crippen molar-refractivity contribution in [2.45, 2.75) is 24.5 Å². The number of thioether (sulfide) groups is 1. The highest BCUT2D eigenvalue weighted by Gasteiger charge is 2.27. The Balaban J connectivity index is 1.24. The molecule has 0 spiro atoms. The van der Waals surface area contributed by atoms with Crippen LogP contribution in [0, 0.1) is 0 Å². The third-order valence-electron chi connectivity index (χ3n) is 4.74. The van der Waals surface area contributed by atoms with E-state index < -0.39 is 0 Å². The largest absolute Gasteiger partial charge is 0.472 e. The Kier molecular flexibility index (Phi) is 5.58. The molecule has 0 saturated carbocycles.